The molecule has 0 bridgehead atoms. The Hall–Kier alpha value is -2.35. The minimum Gasteiger partial charge on any atom is -0.266 e. The second kappa shape index (κ2) is 8.98. The van der Waals surface area contributed by atoms with Crippen LogP contribution in [0.4, 0.5) is 5.69 Å². The first-order valence-corrected chi connectivity index (χ1v) is 11.2. The smallest absolute Gasteiger partial charge is 0.266 e. The van der Waals surface area contributed by atoms with E-state index in [9.17, 15) is 13.2 Å². The van der Waals surface area contributed by atoms with Crippen LogP contribution in [0.2, 0.25) is 10.0 Å². The van der Waals surface area contributed by atoms with E-state index >= 15 is 0 Å². The molecule has 0 amide bonds. The minimum absolute atomic E-state index is 0.0570. The Labute approximate surface area is 179 Å². The minimum atomic E-state index is -3.77. The average Bonchev–Trinajstić information content (AvgIpc) is 2.73. The number of aromatic nitrogens is 2. The van der Waals surface area contributed by atoms with E-state index in [1.54, 1.807) is 24.3 Å². The fourth-order valence-electron chi connectivity index (χ4n) is 2.77. The van der Waals surface area contributed by atoms with Gasteiger partial charge in [0.15, 0.2) is 0 Å². The molecule has 1 heterocycles. The Bertz CT molecular complexity index is 1150. The van der Waals surface area contributed by atoms with E-state index in [0.717, 1.165) is 17.5 Å². The number of benzene rings is 2. The molecule has 0 aliphatic heterocycles. The van der Waals surface area contributed by atoms with Crippen LogP contribution >= 0.6 is 23.2 Å². The molecular weight excluding hydrogens is 433 g/mol. The van der Waals surface area contributed by atoms with Gasteiger partial charge in [-0.25, -0.2) is 8.42 Å². The van der Waals surface area contributed by atoms with Crippen molar-refractivity contribution in [2.24, 2.45) is 0 Å². The van der Waals surface area contributed by atoms with Gasteiger partial charge in [0, 0.05) is 6.54 Å². The number of halogens is 2. The van der Waals surface area contributed by atoms with E-state index < -0.39 is 15.6 Å². The van der Waals surface area contributed by atoms with Crippen molar-refractivity contribution in [3.05, 3.63) is 81.2 Å². The SMILES string of the molecule is CCCCN(c1ccccc1)S(=O)(=O)c1ccc(-n2ncc(Cl)c(Cl)c2=O)cc1. The zero-order valence-corrected chi connectivity index (χ0v) is 18.0. The molecule has 0 unspecified atom stereocenters. The van der Waals surface area contributed by atoms with Gasteiger partial charge in [0.1, 0.15) is 5.02 Å². The maximum Gasteiger partial charge on any atom is 0.291 e. The summed E-state index contributed by atoms with van der Waals surface area (Å²) in [6.45, 7) is 2.38. The molecule has 0 aliphatic rings. The Kier molecular flexibility index (Phi) is 6.62. The highest BCUT2D eigenvalue weighted by Gasteiger charge is 2.24. The first kappa shape index (κ1) is 21.4. The van der Waals surface area contributed by atoms with Gasteiger partial charge in [0.05, 0.1) is 27.5 Å². The van der Waals surface area contributed by atoms with E-state index in [0.29, 0.717) is 17.9 Å². The first-order valence-electron chi connectivity index (χ1n) is 8.98. The topological polar surface area (TPSA) is 72.3 Å². The summed E-state index contributed by atoms with van der Waals surface area (Å²) < 4.78 is 29.0. The predicted octanol–water partition coefficient (Wildman–Crippen LogP) is 4.53. The number of nitrogens with zero attached hydrogens (tertiary/aromatic N) is 3. The molecule has 152 valence electrons. The molecule has 0 N–H and O–H groups in total. The summed E-state index contributed by atoms with van der Waals surface area (Å²) in [6.07, 6.45) is 2.86. The van der Waals surface area contributed by atoms with Gasteiger partial charge < -0.3 is 0 Å². The normalized spacial score (nSPS) is 11.4. The fraction of sp³-hybridized carbons (Fsp3) is 0.200. The molecule has 29 heavy (non-hydrogen) atoms. The second-order valence-electron chi connectivity index (χ2n) is 6.28. The molecule has 0 aliphatic carbocycles. The van der Waals surface area contributed by atoms with Gasteiger partial charge >= 0.3 is 0 Å². The van der Waals surface area contributed by atoms with E-state index in [2.05, 4.69) is 5.10 Å². The standard InChI is InChI=1S/C20H19Cl2N3O3S/c1-2-3-13-24(15-7-5-4-6-8-15)29(27,28)17-11-9-16(10-12-17)25-20(26)19(22)18(21)14-23-25/h4-12,14H,2-3,13H2,1H3. The van der Waals surface area contributed by atoms with Crippen molar-refractivity contribution in [2.75, 3.05) is 10.8 Å². The van der Waals surface area contributed by atoms with Gasteiger partial charge in [-0.3, -0.25) is 9.10 Å². The van der Waals surface area contributed by atoms with Crippen LogP contribution in [-0.4, -0.2) is 24.7 Å². The van der Waals surface area contributed by atoms with Crippen LogP contribution in [0.1, 0.15) is 19.8 Å². The molecular formula is C20H19Cl2N3O3S. The number of unbranched alkanes of at least 4 members (excludes halogenated alkanes) is 1. The van der Waals surface area contributed by atoms with Crippen LogP contribution in [0.15, 0.2) is 70.5 Å². The molecule has 0 saturated heterocycles. The zero-order valence-electron chi connectivity index (χ0n) is 15.6. The highest BCUT2D eigenvalue weighted by molar-refractivity contribution is 7.92. The molecule has 3 rings (SSSR count). The highest BCUT2D eigenvalue weighted by atomic mass is 35.5. The van der Waals surface area contributed by atoms with Crippen molar-refractivity contribution in [1.29, 1.82) is 0 Å². The first-order chi connectivity index (χ1) is 13.9. The lowest BCUT2D eigenvalue weighted by molar-refractivity contribution is 0.588. The molecule has 3 aromatic rings. The molecule has 0 radical (unpaired) electrons. The molecule has 1 aromatic heterocycles. The fourth-order valence-corrected chi connectivity index (χ4v) is 4.52. The Morgan fingerprint density at radius 2 is 1.69 bits per heavy atom. The average molecular weight is 452 g/mol. The van der Waals surface area contributed by atoms with Crippen molar-refractivity contribution in [2.45, 2.75) is 24.7 Å². The summed E-state index contributed by atoms with van der Waals surface area (Å²) in [5.41, 5.74) is 0.406. The number of rotatable bonds is 7. The number of hydrogen-bond acceptors (Lipinski definition) is 4. The lowest BCUT2D eigenvalue weighted by atomic mass is 10.3. The van der Waals surface area contributed by atoms with Gasteiger partial charge in [0.2, 0.25) is 0 Å². The van der Waals surface area contributed by atoms with Gasteiger partial charge in [-0.2, -0.15) is 9.78 Å². The third-order valence-electron chi connectivity index (χ3n) is 4.30. The molecule has 2 aromatic carbocycles. The van der Waals surface area contributed by atoms with Gasteiger partial charge in [-0.15, -0.1) is 0 Å². The van der Waals surface area contributed by atoms with Gasteiger partial charge in [-0.05, 0) is 42.8 Å². The third kappa shape index (κ3) is 4.47. The van der Waals surface area contributed by atoms with Crippen LogP contribution in [-0.2, 0) is 10.0 Å². The quantitative estimate of drug-likeness (QED) is 0.528. The van der Waals surface area contributed by atoms with E-state index in [-0.39, 0.29) is 14.9 Å². The third-order valence-corrected chi connectivity index (χ3v) is 6.89. The van der Waals surface area contributed by atoms with E-state index in [1.807, 2.05) is 13.0 Å². The van der Waals surface area contributed by atoms with Crippen LogP contribution in [0, 0.1) is 0 Å². The zero-order chi connectivity index (χ0) is 21.0. The maximum atomic E-state index is 13.3. The Morgan fingerprint density at radius 3 is 2.31 bits per heavy atom. The Balaban J connectivity index is 1.99. The molecule has 0 atom stereocenters. The largest absolute Gasteiger partial charge is 0.291 e. The van der Waals surface area contributed by atoms with Crippen molar-refractivity contribution in [3.63, 3.8) is 0 Å². The van der Waals surface area contributed by atoms with Gasteiger partial charge in [0.25, 0.3) is 15.6 Å². The molecule has 9 heteroatoms. The predicted molar refractivity (Wildman–Crippen MR) is 116 cm³/mol. The molecule has 0 saturated carbocycles. The molecule has 0 spiro atoms. The number of hydrogen-bond donors (Lipinski definition) is 0. The number of sulfonamides is 1. The lowest BCUT2D eigenvalue weighted by Crippen LogP contribution is -2.32. The van der Waals surface area contributed by atoms with Crippen molar-refractivity contribution < 1.29 is 8.42 Å². The lowest BCUT2D eigenvalue weighted by Gasteiger charge is -2.24. The van der Waals surface area contributed by atoms with Crippen molar-refractivity contribution in [3.8, 4) is 5.69 Å². The van der Waals surface area contributed by atoms with Gasteiger partial charge in [-0.1, -0.05) is 54.7 Å². The van der Waals surface area contributed by atoms with Crippen molar-refractivity contribution >= 4 is 38.9 Å². The summed E-state index contributed by atoms with van der Waals surface area (Å²) in [5.74, 6) is 0. The number of anilines is 1. The summed E-state index contributed by atoms with van der Waals surface area (Å²) in [6, 6.07) is 14.9. The molecule has 0 fully saturated rings. The monoisotopic (exact) mass is 451 g/mol. The molecule has 6 nitrogen and oxygen atoms in total. The maximum absolute atomic E-state index is 13.3. The van der Waals surface area contributed by atoms with E-state index in [4.69, 9.17) is 23.2 Å². The summed E-state index contributed by atoms with van der Waals surface area (Å²) >= 11 is 11.7. The van der Waals surface area contributed by atoms with Crippen LogP contribution in [0.5, 0.6) is 0 Å². The highest BCUT2D eigenvalue weighted by Crippen LogP contribution is 2.25. The number of para-hydroxylation sites is 1. The van der Waals surface area contributed by atoms with Crippen molar-refractivity contribution in [1.82, 2.24) is 9.78 Å². The van der Waals surface area contributed by atoms with Crippen LogP contribution in [0.3, 0.4) is 0 Å². The summed E-state index contributed by atoms with van der Waals surface area (Å²) in [7, 11) is -3.77. The summed E-state index contributed by atoms with van der Waals surface area (Å²) in [4.78, 5) is 12.4. The second-order valence-corrected chi connectivity index (χ2v) is 8.93. The van der Waals surface area contributed by atoms with Crippen LogP contribution < -0.4 is 9.86 Å². The summed E-state index contributed by atoms with van der Waals surface area (Å²) in [5, 5.41) is 3.86. The van der Waals surface area contributed by atoms with E-state index in [1.165, 1.54) is 34.8 Å². The Morgan fingerprint density at radius 1 is 1.03 bits per heavy atom. The van der Waals surface area contributed by atoms with Crippen LogP contribution in [0.25, 0.3) is 5.69 Å².